The Morgan fingerprint density at radius 1 is 0.244 bits per heavy atom. The van der Waals surface area contributed by atoms with E-state index in [1.165, 1.54) is 302 Å². The number of allylic oxidation sites excluding steroid dienone is 4. The molecule has 0 saturated carbocycles. The summed E-state index contributed by atoms with van der Waals surface area (Å²) in [5.74, 6) is -0.853. The second-order valence-corrected chi connectivity index (χ2v) is 24.1. The second-order valence-electron chi connectivity index (χ2n) is 24.1. The van der Waals surface area contributed by atoms with E-state index in [4.69, 9.17) is 14.2 Å². The summed E-state index contributed by atoms with van der Waals surface area (Å²) >= 11 is 0. The number of carbonyl (C=O) groups excluding carboxylic acids is 3. The van der Waals surface area contributed by atoms with Gasteiger partial charge in [0.2, 0.25) is 0 Å². The molecule has 0 amide bonds. The van der Waals surface area contributed by atoms with Crippen molar-refractivity contribution in [2.75, 3.05) is 13.2 Å². The molecule has 1 unspecified atom stereocenters. The summed E-state index contributed by atoms with van der Waals surface area (Å²) in [6, 6.07) is 0. The van der Waals surface area contributed by atoms with Crippen LogP contribution in [0.15, 0.2) is 24.3 Å². The van der Waals surface area contributed by atoms with E-state index in [-0.39, 0.29) is 31.1 Å². The Kier molecular flexibility index (Phi) is 65.6. The molecule has 0 radical (unpaired) electrons. The van der Waals surface area contributed by atoms with Crippen LogP contribution in [-0.4, -0.2) is 37.2 Å². The molecular weight excluding hydrogens is 961 g/mol. The minimum absolute atomic E-state index is 0.0673. The maximum atomic E-state index is 12.9. The Balaban J connectivity index is 3.92. The largest absolute Gasteiger partial charge is 0.462 e. The zero-order chi connectivity index (χ0) is 56.4. The molecule has 0 aromatic carbocycles. The third kappa shape index (κ3) is 64.7. The summed E-state index contributed by atoms with van der Waals surface area (Å²) in [6.07, 6.45) is 82.6. The van der Waals surface area contributed by atoms with Gasteiger partial charge in [0.1, 0.15) is 13.2 Å². The van der Waals surface area contributed by atoms with Gasteiger partial charge in [-0.2, -0.15) is 0 Å². The van der Waals surface area contributed by atoms with Gasteiger partial charge in [-0.25, -0.2) is 0 Å². The molecule has 6 heteroatoms. The van der Waals surface area contributed by atoms with Crippen molar-refractivity contribution in [2.24, 2.45) is 0 Å². The van der Waals surface area contributed by atoms with Crippen LogP contribution in [0.3, 0.4) is 0 Å². The summed E-state index contributed by atoms with van der Waals surface area (Å²) in [4.78, 5) is 38.1. The van der Waals surface area contributed by atoms with Crippen molar-refractivity contribution in [1.82, 2.24) is 0 Å². The van der Waals surface area contributed by atoms with Crippen molar-refractivity contribution in [3.8, 4) is 0 Å². The fourth-order valence-corrected chi connectivity index (χ4v) is 10.8. The average Bonchev–Trinajstić information content (AvgIpc) is 3.44. The first-order chi connectivity index (χ1) is 38.5. The first kappa shape index (κ1) is 75.9. The summed E-state index contributed by atoms with van der Waals surface area (Å²) in [6.45, 7) is 6.66. The first-order valence-corrected chi connectivity index (χ1v) is 35.3. The number of hydrogen-bond acceptors (Lipinski definition) is 6. The van der Waals surface area contributed by atoms with Crippen LogP contribution in [0.1, 0.15) is 400 Å². The first-order valence-electron chi connectivity index (χ1n) is 35.3. The molecule has 0 aromatic rings. The van der Waals surface area contributed by atoms with Crippen LogP contribution in [0.4, 0.5) is 0 Å². The predicted octanol–water partition coefficient (Wildman–Crippen LogP) is 24.2. The van der Waals surface area contributed by atoms with E-state index in [0.717, 1.165) is 57.8 Å². The molecule has 0 heterocycles. The van der Waals surface area contributed by atoms with Crippen LogP contribution in [0.5, 0.6) is 0 Å². The molecule has 0 N–H and O–H groups in total. The highest BCUT2D eigenvalue weighted by Gasteiger charge is 2.19. The second kappa shape index (κ2) is 67.4. The topological polar surface area (TPSA) is 78.9 Å². The lowest BCUT2D eigenvalue weighted by molar-refractivity contribution is -0.167. The van der Waals surface area contributed by atoms with Gasteiger partial charge in [-0.15, -0.1) is 0 Å². The number of carbonyl (C=O) groups is 3. The van der Waals surface area contributed by atoms with Crippen molar-refractivity contribution in [2.45, 2.75) is 406 Å². The number of rotatable bonds is 66. The van der Waals surface area contributed by atoms with Crippen LogP contribution in [0.25, 0.3) is 0 Å². The van der Waals surface area contributed by atoms with E-state index < -0.39 is 6.10 Å². The predicted molar refractivity (Wildman–Crippen MR) is 340 cm³/mol. The molecule has 0 fully saturated rings. The highest BCUT2D eigenvalue weighted by Crippen LogP contribution is 2.19. The molecule has 0 saturated heterocycles. The van der Waals surface area contributed by atoms with Crippen LogP contribution in [-0.2, 0) is 28.6 Å². The van der Waals surface area contributed by atoms with Gasteiger partial charge in [0.25, 0.3) is 0 Å². The van der Waals surface area contributed by atoms with Crippen molar-refractivity contribution < 1.29 is 28.6 Å². The van der Waals surface area contributed by atoms with Gasteiger partial charge in [0.15, 0.2) is 6.10 Å². The van der Waals surface area contributed by atoms with Gasteiger partial charge < -0.3 is 14.2 Å². The van der Waals surface area contributed by atoms with Crippen LogP contribution >= 0.6 is 0 Å². The van der Waals surface area contributed by atoms with Gasteiger partial charge in [-0.1, -0.05) is 334 Å². The van der Waals surface area contributed by atoms with Crippen molar-refractivity contribution >= 4 is 17.9 Å². The maximum absolute atomic E-state index is 12.9. The molecule has 0 spiro atoms. The number of hydrogen-bond donors (Lipinski definition) is 0. The van der Waals surface area contributed by atoms with E-state index >= 15 is 0 Å². The van der Waals surface area contributed by atoms with Crippen LogP contribution in [0.2, 0.25) is 0 Å². The van der Waals surface area contributed by atoms with Crippen molar-refractivity contribution in [3.05, 3.63) is 24.3 Å². The molecule has 6 nitrogen and oxygen atoms in total. The van der Waals surface area contributed by atoms with E-state index in [1.807, 2.05) is 0 Å². The Morgan fingerprint density at radius 2 is 0.423 bits per heavy atom. The maximum Gasteiger partial charge on any atom is 0.306 e. The molecule has 1 atom stereocenters. The molecule has 0 aliphatic carbocycles. The highest BCUT2D eigenvalue weighted by atomic mass is 16.6. The molecule has 78 heavy (non-hydrogen) atoms. The minimum atomic E-state index is -0.768. The Bertz CT molecular complexity index is 1260. The monoisotopic (exact) mass is 1100 g/mol. The van der Waals surface area contributed by atoms with Gasteiger partial charge in [-0.05, 0) is 70.6 Å². The Morgan fingerprint density at radius 3 is 0.641 bits per heavy atom. The third-order valence-corrected chi connectivity index (χ3v) is 16.2. The Labute approximate surface area is 487 Å². The molecule has 0 rings (SSSR count). The van der Waals surface area contributed by atoms with Gasteiger partial charge in [0.05, 0.1) is 0 Å². The normalized spacial score (nSPS) is 12.1. The van der Waals surface area contributed by atoms with E-state index in [1.54, 1.807) is 0 Å². The van der Waals surface area contributed by atoms with Crippen LogP contribution < -0.4 is 0 Å². The summed E-state index contributed by atoms with van der Waals surface area (Å²) in [5, 5.41) is 0. The van der Waals surface area contributed by atoms with Gasteiger partial charge in [0, 0.05) is 19.3 Å². The van der Waals surface area contributed by atoms with Crippen LogP contribution in [0, 0.1) is 0 Å². The standard InChI is InChI=1S/C72H136O6/c1-4-7-10-13-16-18-20-22-24-26-28-29-30-31-32-33-34-35-36-37-38-39-40-41-42-43-44-46-47-49-51-53-56-59-62-65-71(74)77-68-69(67-76-70(73)64-61-58-55-15-12-9-6-3)78-72(75)66-63-60-57-54-52-50-48-45-27-25-23-21-19-17-14-11-8-5-2/h25-28,69H,4-24,29-68H2,1-3H3/b27-25-,28-26-. The van der Waals surface area contributed by atoms with E-state index in [2.05, 4.69) is 45.1 Å². The van der Waals surface area contributed by atoms with E-state index in [9.17, 15) is 14.4 Å². The average molecular weight is 1100 g/mol. The highest BCUT2D eigenvalue weighted by molar-refractivity contribution is 5.71. The summed E-state index contributed by atoms with van der Waals surface area (Å²) in [7, 11) is 0. The Hall–Kier alpha value is -2.11. The fourth-order valence-electron chi connectivity index (χ4n) is 10.8. The molecule has 0 aliphatic rings. The zero-order valence-corrected chi connectivity index (χ0v) is 53.0. The minimum Gasteiger partial charge on any atom is -0.462 e. The smallest absolute Gasteiger partial charge is 0.306 e. The molecule has 0 aliphatic heterocycles. The number of esters is 3. The SMILES string of the molecule is CCCCCCCCC/C=C\CCCCCCCCCC(=O)OC(COC(=O)CCCCCCCCC)COC(=O)CCCCCCCCCCCCCCCCCCCCCCCCC/C=C\CCCCCCCCCC. The molecular formula is C72H136O6. The molecule has 0 aromatic heterocycles. The summed E-state index contributed by atoms with van der Waals surface area (Å²) < 4.78 is 16.9. The lowest BCUT2D eigenvalue weighted by Crippen LogP contribution is -2.30. The quantitative estimate of drug-likeness (QED) is 0.0261. The summed E-state index contributed by atoms with van der Waals surface area (Å²) in [5.41, 5.74) is 0. The number of unbranched alkanes of at least 4 members (excludes halogenated alkanes) is 51. The lowest BCUT2D eigenvalue weighted by Gasteiger charge is -2.18. The third-order valence-electron chi connectivity index (χ3n) is 16.2. The van der Waals surface area contributed by atoms with Crippen molar-refractivity contribution in [3.63, 3.8) is 0 Å². The fraction of sp³-hybridized carbons (Fsp3) is 0.903. The van der Waals surface area contributed by atoms with Gasteiger partial charge >= 0.3 is 17.9 Å². The molecule has 0 bridgehead atoms. The lowest BCUT2D eigenvalue weighted by atomic mass is 10.0. The van der Waals surface area contributed by atoms with E-state index in [0.29, 0.717) is 19.3 Å². The number of ether oxygens (including phenoxy) is 3. The van der Waals surface area contributed by atoms with Gasteiger partial charge in [-0.3, -0.25) is 14.4 Å². The molecule has 460 valence electrons. The van der Waals surface area contributed by atoms with Crippen molar-refractivity contribution in [1.29, 1.82) is 0 Å². The zero-order valence-electron chi connectivity index (χ0n) is 53.0.